The lowest BCUT2D eigenvalue weighted by molar-refractivity contribution is -0.116. The lowest BCUT2D eigenvalue weighted by atomic mass is 10.1. The summed E-state index contributed by atoms with van der Waals surface area (Å²) in [4.78, 5) is 12.8. The number of sulfonamides is 1. The van der Waals surface area contributed by atoms with Crippen molar-refractivity contribution in [2.75, 3.05) is 23.7 Å². The molecule has 2 aromatic rings. The van der Waals surface area contributed by atoms with Crippen LogP contribution in [0.3, 0.4) is 0 Å². The summed E-state index contributed by atoms with van der Waals surface area (Å²) in [6.45, 7) is 6.99. The van der Waals surface area contributed by atoms with Crippen LogP contribution in [0.15, 0.2) is 47.4 Å². The molecular weight excluding hydrogens is 374 g/mol. The van der Waals surface area contributed by atoms with Crippen molar-refractivity contribution in [1.29, 1.82) is 0 Å². The summed E-state index contributed by atoms with van der Waals surface area (Å²) < 4.78 is 26.6. The van der Waals surface area contributed by atoms with E-state index in [2.05, 4.69) is 10.6 Å². The molecule has 1 heterocycles. The third-order valence-electron chi connectivity index (χ3n) is 5.19. The van der Waals surface area contributed by atoms with E-state index < -0.39 is 16.1 Å². The number of nitrogens with zero attached hydrogens (tertiary/aromatic N) is 1. The minimum atomic E-state index is -3.44. The van der Waals surface area contributed by atoms with E-state index in [1.165, 1.54) is 4.31 Å². The molecule has 0 aromatic heterocycles. The van der Waals surface area contributed by atoms with Crippen LogP contribution < -0.4 is 10.6 Å². The Hall–Kier alpha value is -2.38. The van der Waals surface area contributed by atoms with Crippen molar-refractivity contribution in [3.63, 3.8) is 0 Å². The van der Waals surface area contributed by atoms with Crippen LogP contribution in [0.5, 0.6) is 0 Å². The molecule has 1 saturated heterocycles. The maximum atomic E-state index is 12.6. The Morgan fingerprint density at radius 1 is 1.04 bits per heavy atom. The maximum Gasteiger partial charge on any atom is 0.246 e. The number of amides is 1. The number of benzene rings is 2. The predicted molar refractivity (Wildman–Crippen MR) is 112 cm³/mol. The van der Waals surface area contributed by atoms with Crippen molar-refractivity contribution in [2.45, 2.75) is 44.6 Å². The zero-order chi connectivity index (χ0) is 20.3. The standard InChI is InChI=1S/C21H27N3O3S/c1-15-7-6-8-20(16(15)2)22-17(3)21(25)23-18-9-11-19(12-10-18)28(26,27)24-13-4-5-14-24/h6-12,17,22H,4-5,13-14H2,1-3H3,(H,23,25)/t17-/m1/s1. The van der Waals surface area contributed by atoms with Gasteiger partial charge in [0.05, 0.1) is 4.90 Å². The molecular formula is C21H27N3O3S. The van der Waals surface area contributed by atoms with E-state index in [9.17, 15) is 13.2 Å². The average Bonchev–Trinajstić information content (AvgIpc) is 3.21. The molecule has 3 rings (SSSR count). The van der Waals surface area contributed by atoms with Gasteiger partial charge in [-0.25, -0.2) is 8.42 Å². The second-order valence-corrected chi connectivity index (χ2v) is 9.18. The van der Waals surface area contributed by atoms with E-state index in [4.69, 9.17) is 0 Å². The van der Waals surface area contributed by atoms with Crippen LogP contribution in [-0.4, -0.2) is 37.8 Å². The molecule has 6 nitrogen and oxygen atoms in total. The van der Waals surface area contributed by atoms with Crippen LogP contribution in [0, 0.1) is 13.8 Å². The Balaban J connectivity index is 1.64. The second-order valence-electron chi connectivity index (χ2n) is 7.24. The normalized spacial score (nSPS) is 16.0. The Morgan fingerprint density at radius 2 is 1.68 bits per heavy atom. The molecule has 150 valence electrons. The molecule has 0 unspecified atom stereocenters. The Bertz CT molecular complexity index is 949. The number of nitrogens with one attached hydrogen (secondary N) is 2. The van der Waals surface area contributed by atoms with Crippen LogP contribution in [0.4, 0.5) is 11.4 Å². The molecule has 0 aliphatic carbocycles. The first-order chi connectivity index (χ1) is 13.3. The van der Waals surface area contributed by atoms with Gasteiger partial charge in [0.1, 0.15) is 6.04 Å². The fourth-order valence-corrected chi connectivity index (χ4v) is 4.76. The lowest BCUT2D eigenvalue weighted by Crippen LogP contribution is -2.32. The first-order valence-electron chi connectivity index (χ1n) is 9.53. The SMILES string of the molecule is Cc1cccc(N[C@H](C)C(=O)Nc2ccc(S(=O)(=O)N3CCCC3)cc2)c1C. The van der Waals surface area contributed by atoms with E-state index in [0.29, 0.717) is 18.8 Å². The van der Waals surface area contributed by atoms with Crippen molar-refractivity contribution < 1.29 is 13.2 Å². The molecule has 0 radical (unpaired) electrons. The van der Waals surface area contributed by atoms with Gasteiger partial charge in [0.2, 0.25) is 15.9 Å². The van der Waals surface area contributed by atoms with Crippen LogP contribution in [0.2, 0.25) is 0 Å². The summed E-state index contributed by atoms with van der Waals surface area (Å²) in [5, 5.41) is 6.06. The van der Waals surface area contributed by atoms with Gasteiger partial charge >= 0.3 is 0 Å². The van der Waals surface area contributed by atoms with Gasteiger partial charge in [-0.05, 0) is 75.1 Å². The number of carbonyl (C=O) groups excluding carboxylic acids is 1. The largest absolute Gasteiger partial charge is 0.374 e. The van der Waals surface area contributed by atoms with Crippen LogP contribution in [0.25, 0.3) is 0 Å². The van der Waals surface area contributed by atoms with Crippen molar-refractivity contribution in [1.82, 2.24) is 4.31 Å². The fourth-order valence-electron chi connectivity index (χ4n) is 3.24. The summed E-state index contributed by atoms with van der Waals surface area (Å²) >= 11 is 0. The summed E-state index contributed by atoms with van der Waals surface area (Å²) in [5.41, 5.74) is 3.76. The van der Waals surface area contributed by atoms with E-state index in [1.807, 2.05) is 32.0 Å². The highest BCUT2D eigenvalue weighted by Crippen LogP contribution is 2.23. The molecule has 0 spiro atoms. The zero-order valence-electron chi connectivity index (χ0n) is 16.5. The van der Waals surface area contributed by atoms with Crippen molar-refractivity contribution in [3.8, 4) is 0 Å². The number of carbonyl (C=O) groups is 1. The van der Waals surface area contributed by atoms with E-state index in [1.54, 1.807) is 31.2 Å². The quantitative estimate of drug-likeness (QED) is 0.776. The van der Waals surface area contributed by atoms with Crippen LogP contribution >= 0.6 is 0 Å². The number of rotatable bonds is 6. The zero-order valence-corrected chi connectivity index (χ0v) is 17.3. The summed E-state index contributed by atoms with van der Waals surface area (Å²) in [6, 6.07) is 11.9. The summed E-state index contributed by atoms with van der Waals surface area (Å²) in [6.07, 6.45) is 1.80. The molecule has 1 atom stereocenters. The Morgan fingerprint density at radius 3 is 2.32 bits per heavy atom. The summed E-state index contributed by atoms with van der Waals surface area (Å²) in [5.74, 6) is -0.184. The first-order valence-corrected chi connectivity index (χ1v) is 11.0. The molecule has 0 bridgehead atoms. The van der Waals surface area contributed by atoms with Gasteiger partial charge in [-0.15, -0.1) is 0 Å². The molecule has 1 fully saturated rings. The van der Waals surface area contributed by atoms with Crippen LogP contribution in [-0.2, 0) is 14.8 Å². The van der Waals surface area contributed by atoms with E-state index in [0.717, 1.165) is 29.7 Å². The summed E-state index contributed by atoms with van der Waals surface area (Å²) in [7, 11) is -3.44. The highest BCUT2D eigenvalue weighted by atomic mass is 32.2. The molecule has 7 heteroatoms. The number of aryl methyl sites for hydroxylation is 1. The van der Waals surface area contributed by atoms with Gasteiger partial charge in [-0.3, -0.25) is 4.79 Å². The van der Waals surface area contributed by atoms with Gasteiger partial charge in [-0.1, -0.05) is 12.1 Å². The van der Waals surface area contributed by atoms with E-state index in [-0.39, 0.29) is 10.8 Å². The highest BCUT2D eigenvalue weighted by Gasteiger charge is 2.27. The molecule has 2 N–H and O–H groups in total. The van der Waals surface area contributed by atoms with Gasteiger partial charge in [-0.2, -0.15) is 4.31 Å². The van der Waals surface area contributed by atoms with Crippen molar-refractivity contribution in [2.24, 2.45) is 0 Å². The average molecular weight is 402 g/mol. The molecule has 0 saturated carbocycles. The van der Waals surface area contributed by atoms with Gasteiger partial charge in [0, 0.05) is 24.5 Å². The predicted octanol–water partition coefficient (Wildman–Crippen LogP) is 3.53. The molecule has 1 amide bonds. The third kappa shape index (κ3) is 4.36. The Labute approximate surface area is 167 Å². The van der Waals surface area contributed by atoms with E-state index >= 15 is 0 Å². The minimum absolute atomic E-state index is 0.184. The van der Waals surface area contributed by atoms with Gasteiger partial charge in [0.15, 0.2) is 0 Å². The molecule has 2 aromatic carbocycles. The molecule has 28 heavy (non-hydrogen) atoms. The topological polar surface area (TPSA) is 78.5 Å². The van der Waals surface area contributed by atoms with Crippen molar-refractivity contribution in [3.05, 3.63) is 53.6 Å². The van der Waals surface area contributed by atoms with Gasteiger partial charge in [0.25, 0.3) is 0 Å². The minimum Gasteiger partial charge on any atom is -0.374 e. The smallest absolute Gasteiger partial charge is 0.246 e. The Kier molecular flexibility index (Phi) is 6.05. The second kappa shape index (κ2) is 8.32. The fraction of sp³-hybridized carbons (Fsp3) is 0.381. The van der Waals surface area contributed by atoms with Crippen LogP contribution in [0.1, 0.15) is 30.9 Å². The monoisotopic (exact) mass is 401 g/mol. The lowest BCUT2D eigenvalue weighted by Gasteiger charge is -2.18. The molecule has 1 aliphatic rings. The molecule has 1 aliphatic heterocycles. The van der Waals surface area contributed by atoms with Crippen molar-refractivity contribution >= 4 is 27.3 Å². The highest BCUT2D eigenvalue weighted by molar-refractivity contribution is 7.89. The van der Waals surface area contributed by atoms with Gasteiger partial charge < -0.3 is 10.6 Å². The maximum absolute atomic E-state index is 12.6. The number of anilines is 2. The number of hydrogen-bond acceptors (Lipinski definition) is 4. The number of hydrogen-bond donors (Lipinski definition) is 2. The third-order valence-corrected chi connectivity index (χ3v) is 7.11. The first kappa shape index (κ1) is 20.4.